The maximum atomic E-state index is 12.2. The predicted molar refractivity (Wildman–Crippen MR) is 90.3 cm³/mol. The molecule has 0 unspecified atom stereocenters. The molecule has 0 aromatic heterocycles. The molecule has 0 radical (unpaired) electrons. The van der Waals surface area contributed by atoms with Crippen LogP contribution in [0.4, 0.5) is 0 Å². The third-order valence-electron chi connectivity index (χ3n) is 4.64. The Morgan fingerprint density at radius 3 is 2.75 bits per heavy atom. The number of nitrogens with one attached hydrogen (secondary N) is 1. The molecule has 24 heavy (non-hydrogen) atoms. The molecule has 2 aliphatic rings. The van der Waals surface area contributed by atoms with Gasteiger partial charge in [0.05, 0.1) is 6.04 Å². The summed E-state index contributed by atoms with van der Waals surface area (Å²) in [7, 11) is 0. The van der Waals surface area contributed by atoms with Crippen molar-refractivity contribution in [1.82, 2.24) is 10.2 Å². The van der Waals surface area contributed by atoms with Gasteiger partial charge in [0, 0.05) is 6.54 Å². The van der Waals surface area contributed by atoms with Crippen molar-refractivity contribution >= 4 is 5.91 Å². The number of amides is 1. The molecule has 1 saturated heterocycles. The number of carbonyl (C=O) groups is 1. The monoisotopic (exact) mass is 334 g/mol. The highest BCUT2D eigenvalue weighted by atomic mass is 16.6. The van der Waals surface area contributed by atoms with Gasteiger partial charge >= 0.3 is 0 Å². The summed E-state index contributed by atoms with van der Waals surface area (Å²) in [6.07, 6.45) is 2.22. The number of piperidine rings is 1. The van der Waals surface area contributed by atoms with Gasteiger partial charge in [-0.1, -0.05) is 18.6 Å². The second kappa shape index (κ2) is 7.85. The lowest BCUT2D eigenvalue weighted by molar-refractivity contribution is -0.132. The van der Waals surface area contributed by atoms with Crippen molar-refractivity contribution in [3.63, 3.8) is 0 Å². The van der Waals surface area contributed by atoms with Crippen molar-refractivity contribution in [3.05, 3.63) is 24.3 Å². The molecular formula is C18H26N2O4. The van der Waals surface area contributed by atoms with Crippen molar-refractivity contribution in [2.75, 3.05) is 26.2 Å². The van der Waals surface area contributed by atoms with Crippen LogP contribution in [0.3, 0.4) is 0 Å². The molecule has 1 fully saturated rings. The fraction of sp³-hybridized carbons (Fsp3) is 0.611. The van der Waals surface area contributed by atoms with Crippen LogP contribution in [0.2, 0.25) is 0 Å². The Balaban J connectivity index is 1.49. The molecule has 0 saturated carbocycles. The highest BCUT2D eigenvalue weighted by molar-refractivity contribution is 5.81. The van der Waals surface area contributed by atoms with Crippen LogP contribution in [0.15, 0.2) is 24.3 Å². The maximum Gasteiger partial charge on any atom is 0.250 e. The number of carbonyl (C=O) groups excluding carboxylic acids is 1. The van der Waals surface area contributed by atoms with Gasteiger partial charge in [0.2, 0.25) is 0 Å². The number of ether oxygens (including phenoxy) is 2. The van der Waals surface area contributed by atoms with Gasteiger partial charge in [0.1, 0.15) is 12.7 Å². The van der Waals surface area contributed by atoms with Gasteiger partial charge in [0.25, 0.3) is 5.91 Å². The number of hydrogen-bond acceptors (Lipinski definition) is 5. The van der Waals surface area contributed by atoms with Gasteiger partial charge < -0.3 is 24.8 Å². The molecule has 0 bridgehead atoms. The standard InChI is InChI=1S/C18H26N2O4/c1-13(17-12-23-15-7-3-4-8-16(15)24-17)19-18(22)14(21)11-20-9-5-2-6-10-20/h3-4,7-8,13-14,17,21H,2,5-6,9-12H2,1H3,(H,19,22)/t13-,14+,17+/m1/s1. The van der Waals surface area contributed by atoms with Crippen molar-refractivity contribution in [2.24, 2.45) is 0 Å². The van der Waals surface area contributed by atoms with E-state index >= 15 is 0 Å². The maximum absolute atomic E-state index is 12.2. The van der Waals surface area contributed by atoms with Gasteiger partial charge in [0.15, 0.2) is 17.6 Å². The van der Waals surface area contributed by atoms with E-state index in [4.69, 9.17) is 9.47 Å². The van der Waals surface area contributed by atoms with Crippen LogP contribution in [0.5, 0.6) is 11.5 Å². The number of hydrogen-bond donors (Lipinski definition) is 2. The van der Waals surface area contributed by atoms with E-state index in [1.807, 2.05) is 31.2 Å². The first-order valence-corrected chi connectivity index (χ1v) is 8.73. The van der Waals surface area contributed by atoms with Crippen LogP contribution in [0.25, 0.3) is 0 Å². The van der Waals surface area contributed by atoms with Gasteiger partial charge in [-0.05, 0) is 45.0 Å². The fourth-order valence-electron chi connectivity index (χ4n) is 3.17. The van der Waals surface area contributed by atoms with E-state index in [-0.39, 0.29) is 18.1 Å². The number of aliphatic hydroxyl groups excluding tert-OH is 1. The highest BCUT2D eigenvalue weighted by Gasteiger charge is 2.29. The van der Waals surface area contributed by atoms with Crippen molar-refractivity contribution in [3.8, 4) is 11.5 Å². The molecular weight excluding hydrogens is 308 g/mol. The van der Waals surface area contributed by atoms with Gasteiger partial charge in [-0.15, -0.1) is 0 Å². The van der Waals surface area contributed by atoms with E-state index in [0.29, 0.717) is 18.9 Å². The number of nitrogens with zero attached hydrogens (tertiary/aromatic N) is 1. The van der Waals surface area contributed by atoms with E-state index in [2.05, 4.69) is 10.2 Å². The zero-order valence-electron chi connectivity index (χ0n) is 14.1. The average Bonchev–Trinajstić information content (AvgIpc) is 2.62. The molecule has 6 nitrogen and oxygen atoms in total. The van der Waals surface area contributed by atoms with E-state index in [1.54, 1.807) is 0 Å². The van der Waals surface area contributed by atoms with Gasteiger partial charge in [-0.2, -0.15) is 0 Å². The Morgan fingerprint density at radius 2 is 2.00 bits per heavy atom. The lowest BCUT2D eigenvalue weighted by Gasteiger charge is -2.32. The van der Waals surface area contributed by atoms with E-state index in [1.165, 1.54) is 6.42 Å². The lowest BCUT2D eigenvalue weighted by atomic mass is 10.1. The molecule has 2 N–H and O–H groups in total. The molecule has 1 aromatic carbocycles. The molecule has 3 atom stereocenters. The van der Waals surface area contributed by atoms with Crippen LogP contribution in [-0.4, -0.2) is 60.4 Å². The lowest BCUT2D eigenvalue weighted by Crippen LogP contribution is -2.52. The fourth-order valence-corrected chi connectivity index (χ4v) is 3.17. The second-order valence-electron chi connectivity index (χ2n) is 6.59. The normalized spacial score (nSPS) is 23.3. The highest BCUT2D eigenvalue weighted by Crippen LogP contribution is 2.31. The molecule has 1 aromatic rings. The zero-order chi connectivity index (χ0) is 16.9. The quantitative estimate of drug-likeness (QED) is 0.846. The first kappa shape index (κ1) is 17.0. The Kier molecular flexibility index (Phi) is 5.58. The molecule has 3 rings (SSSR count). The summed E-state index contributed by atoms with van der Waals surface area (Å²) < 4.78 is 11.6. The van der Waals surface area contributed by atoms with Crippen LogP contribution in [-0.2, 0) is 4.79 Å². The van der Waals surface area contributed by atoms with Gasteiger partial charge in [-0.25, -0.2) is 0 Å². The van der Waals surface area contributed by atoms with E-state index in [0.717, 1.165) is 31.7 Å². The summed E-state index contributed by atoms with van der Waals surface area (Å²) in [6.45, 7) is 4.55. The van der Waals surface area contributed by atoms with Crippen LogP contribution in [0, 0.1) is 0 Å². The van der Waals surface area contributed by atoms with Crippen molar-refractivity contribution in [2.45, 2.75) is 44.4 Å². The summed E-state index contributed by atoms with van der Waals surface area (Å²) in [6, 6.07) is 7.24. The Morgan fingerprint density at radius 1 is 1.29 bits per heavy atom. The van der Waals surface area contributed by atoms with Gasteiger partial charge in [-0.3, -0.25) is 4.79 Å². The SMILES string of the molecule is C[C@@H](NC(=O)[C@@H](O)CN1CCCCC1)[C@@H]1COc2ccccc2O1. The molecule has 1 amide bonds. The predicted octanol–water partition coefficient (Wildman–Crippen LogP) is 1.18. The van der Waals surface area contributed by atoms with Crippen molar-refractivity contribution in [1.29, 1.82) is 0 Å². The number of benzene rings is 1. The number of likely N-dealkylation sites (tertiary alicyclic amines) is 1. The number of rotatable bonds is 5. The van der Waals surface area contributed by atoms with E-state index < -0.39 is 6.10 Å². The summed E-state index contributed by atoms with van der Waals surface area (Å²) >= 11 is 0. The third-order valence-corrected chi connectivity index (χ3v) is 4.64. The second-order valence-corrected chi connectivity index (χ2v) is 6.59. The summed E-state index contributed by atoms with van der Waals surface area (Å²) in [5, 5.41) is 13.0. The first-order valence-electron chi connectivity index (χ1n) is 8.73. The molecule has 6 heteroatoms. The minimum Gasteiger partial charge on any atom is -0.486 e. The number of β-amino-alcohol motifs (C(OH)–C–C–N with tert-alkyl or cyclic N) is 1. The number of para-hydroxylation sites is 2. The topological polar surface area (TPSA) is 71.0 Å². The summed E-state index contributed by atoms with van der Waals surface area (Å²) in [5.41, 5.74) is 0. The molecule has 0 aliphatic carbocycles. The van der Waals surface area contributed by atoms with Crippen molar-refractivity contribution < 1.29 is 19.4 Å². The summed E-state index contributed by atoms with van der Waals surface area (Å²) in [5.74, 6) is 1.05. The minimum absolute atomic E-state index is 0.248. The molecule has 2 heterocycles. The minimum atomic E-state index is -1.01. The van der Waals surface area contributed by atoms with Crippen LogP contribution >= 0.6 is 0 Å². The van der Waals surface area contributed by atoms with E-state index in [9.17, 15) is 9.90 Å². The Hall–Kier alpha value is -1.79. The largest absolute Gasteiger partial charge is 0.486 e. The Bertz CT molecular complexity index is 560. The number of aliphatic hydroxyl groups is 1. The smallest absolute Gasteiger partial charge is 0.250 e. The summed E-state index contributed by atoms with van der Waals surface area (Å²) in [4.78, 5) is 14.4. The third kappa shape index (κ3) is 4.19. The molecule has 2 aliphatic heterocycles. The number of fused-ring (bicyclic) bond motifs is 1. The molecule has 0 spiro atoms. The van der Waals surface area contributed by atoms with Crippen LogP contribution < -0.4 is 14.8 Å². The first-order chi connectivity index (χ1) is 11.6. The average molecular weight is 334 g/mol. The Labute approximate surface area is 142 Å². The molecule has 132 valence electrons. The van der Waals surface area contributed by atoms with Crippen LogP contribution in [0.1, 0.15) is 26.2 Å². The zero-order valence-corrected chi connectivity index (χ0v) is 14.1.